The monoisotopic (exact) mass is 526 g/mol. The lowest BCUT2D eigenvalue weighted by atomic mass is 9.94. The summed E-state index contributed by atoms with van der Waals surface area (Å²) in [5.41, 5.74) is 0.933. The number of amides is 1. The average molecular weight is 527 g/mol. The highest BCUT2D eigenvalue weighted by molar-refractivity contribution is 6.46. The van der Waals surface area contributed by atoms with Crippen LogP contribution in [0.3, 0.4) is 0 Å². The Bertz CT molecular complexity index is 1160. The zero-order chi connectivity index (χ0) is 28.0. The Hall–Kier alpha value is -3.72. The van der Waals surface area contributed by atoms with Gasteiger partial charge in [-0.3, -0.25) is 9.59 Å². The third kappa shape index (κ3) is 6.22. The van der Waals surface area contributed by atoms with Crippen molar-refractivity contribution in [3.63, 3.8) is 0 Å². The van der Waals surface area contributed by atoms with E-state index in [1.807, 2.05) is 32.8 Å². The molecule has 2 aromatic rings. The Morgan fingerprint density at radius 2 is 1.68 bits per heavy atom. The molecular formula is C29H38N2O7. The zero-order valence-corrected chi connectivity index (χ0v) is 23.2. The number of Topliss-reactive ketones (excluding diaryl/α,β-unsaturated/α-hetero) is 1. The van der Waals surface area contributed by atoms with Crippen LogP contribution in [0.1, 0.15) is 37.4 Å². The van der Waals surface area contributed by atoms with Crippen LogP contribution in [0.4, 0.5) is 0 Å². The van der Waals surface area contributed by atoms with E-state index >= 15 is 0 Å². The second-order valence-electron chi connectivity index (χ2n) is 9.84. The second-order valence-corrected chi connectivity index (χ2v) is 9.84. The number of carbonyl (C=O) groups excluding carboxylic acids is 2. The molecule has 0 radical (unpaired) electrons. The molecule has 1 atom stereocenters. The van der Waals surface area contributed by atoms with Gasteiger partial charge in [-0.15, -0.1) is 0 Å². The summed E-state index contributed by atoms with van der Waals surface area (Å²) in [5.74, 6) is 0.336. The third-order valence-corrected chi connectivity index (χ3v) is 6.24. The van der Waals surface area contributed by atoms with Crippen LogP contribution in [0.15, 0.2) is 42.0 Å². The Morgan fingerprint density at radius 3 is 2.24 bits per heavy atom. The Labute approximate surface area is 224 Å². The lowest BCUT2D eigenvalue weighted by Crippen LogP contribution is -2.32. The van der Waals surface area contributed by atoms with Gasteiger partial charge in [-0.05, 0) is 62.8 Å². The third-order valence-electron chi connectivity index (χ3n) is 6.24. The molecule has 38 heavy (non-hydrogen) atoms. The van der Waals surface area contributed by atoms with Crippen molar-refractivity contribution in [3.8, 4) is 23.0 Å². The number of likely N-dealkylation sites (tertiary alicyclic amines) is 1. The van der Waals surface area contributed by atoms with E-state index < -0.39 is 17.7 Å². The Balaban J connectivity index is 2.17. The summed E-state index contributed by atoms with van der Waals surface area (Å²) in [7, 11) is 8.38. The first-order chi connectivity index (χ1) is 18.1. The molecule has 1 saturated heterocycles. The largest absolute Gasteiger partial charge is 0.507 e. The standard InChI is InChI=1S/C29H38N2O7/c1-18(2)17-38-21-11-8-10-19(14-21)26(32)24-25(31(29(34)27(24)33)13-9-12-30(3)4)20-15-22(35-5)28(37-7)23(16-20)36-6/h8,10-11,14-16,18,25,32H,9,12-13,17H2,1-7H3/b26-24+. The van der Waals surface area contributed by atoms with Gasteiger partial charge in [-0.1, -0.05) is 26.0 Å². The van der Waals surface area contributed by atoms with Gasteiger partial charge in [0.15, 0.2) is 11.5 Å². The molecule has 3 rings (SSSR count). The van der Waals surface area contributed by atoms with Crippen molar-refractivity contribution in [2.45, 2.75) is 26.3 Å². The molecule has 0 aliphatic carbocycles. The van der Waals surface area contributed by atoms with Crippen molar-refractivity contribution >= 4 is 17.4 Å². The molecule has 206 valence electrons. The Morgan fingerprint density at radius 1 is 1.03 bits per heavy atom. The van der Waals surface area contributed by atoms with Crippen LogP contribution in [0, 0.1) is 5.92 Å². The van der Waals surface area contributed by atoms with E-state index in [4.69, 9.17) is 18.9 Å². The number of hydrogen-bond donors (Lipinski definition) is 1. The molecule has 9 nitrogen and oxygen atoms in total. The van der Waals surface area contributed by atoms with Crippen LogP contribution in [-0.2, 0) is 9.59 Å². The molecule has 1 amide bonds. The summed E-state index contributed by atoms with van der Waals surface area (Å²) in [6.07, 6.45) is 0.638. The minimum absolute atomic E-state index is 0.00450. The van der Waals surface area contributed by atoms with E-state index in [9.17, 15) is 14.7 Å². The zero-order valence-electron chi connectivity index (χ0n) is 23.2. The van der Waals surface area contributed by atoms with Crippen LogP contribution >= 0.6 is 0 Å². The first-order valence-electron chi connectivity index (χ1n) is 12.6. The van der Waals surface area contributed by atoms with Crippen molar-refractivity contribution < 1.29 is 33.6 Å². The van der Waals surface area contributed by atoms with Gasteiger partial charge in [0.1, 0.15) is 11.5 Å². The minimum atomic E-state index is -0.855. The highest BCUT2D eigenvalue weighted by Gasteiger charge is 2.46. The number of carbonyl (C=O) groups is 2. The van der Waals surface area contributed by atoms with Gasteiger partial charge in [0, 0.05) is 12.1 Å². The van der Waals surface area contributed by atoms with Crippen molar-refractivity contribution in [3.05, 3.63) is 53.1 Å². The lowest BCUT2D eigenvalue weighted by molar-refractivity contribution is -0.139. The van der Waals surface area contributed by atoms with E-state index in [2.05, 4.69) is 0 Å². The number of benzene rings is 2. The SMILES string of the molecule is COc1cc(C2/C(=C(\O)c3cccc(OCC(C)C)c3)C(=O)C(=O)N2CCCN(C)C)cc(OC)c1OC. The number of aliphatic hydroxyl groups is 1. The minimum Gasteiger partial charge on any atom is -0.507 e. The van der Waals surface area contributed by atoms with E-state index in [0.717, 1.165) is 6.54 Å². The lowest BCUT2D eigenvalue weighted by Gasteiger charge is -2.27. The molecule has 1 N–H and O–H groups in total. The van der Waals surface area contributed by atoms with Crippen LogP contribution in [0.25, 0.3) is 5.76 Å². The van der Waals surface area contributed by atoms with Gasteiger partial charge in [-0.25, -0.2) is 0 Å². The van der Waals surface area contributed by atoms with Gasteiger partial charge in [0.25, 0.3) is 11.7 Å². The summed E-state index contributed by atoms with van der Waals surface area (Å²) < 4.78 is 22.3. The van der Waals surface area contributed by atoms with Crippen molar-refractivity contribution in [1.82, 2.24) is 9.80 Å². The molecule has 0 aromatic heterocycles. The van der Waals surface area contributed by atoms with Crippen LogP contribution in [0.2, 0.25) is 0 Å². The summed E-state index contributed by atoms with van der Waals surface area (Å²) in [4.78, 5) is 30.2. The molecular weight excluding hydrogens is 488 g/mol. The van der Waals surface area contributed by atoms with Gasteiger partial charge in [-0.2, -0.15) is 0 Å². The second kappa shape index (κ2) is 12.7. The number of hydrogen-bond acceptors (Lipinski definition) is 8. The fourth-order valence-electron chi connectivity index (χ4n) is 4.43. The molecule has 0 saturated carbocycles. The molecule has 1 aliphatic rings. The van der Waals surface area contributed by atoms with E-state index in [0.29, 0.717) is 59.6 Å². The summed E-state index contributed by atoms with van der Waals surface area (Å²) in [6.45, 7) is 5.63. The molecule has 1 unspecified atom stereocenters. The molecule has 1 fully saturated rings. The number of nitrogens with zero attached hydrogens (tertiary/aromatic N) is 2. The quantitative estimate of drug-likeness (QED) is 0.251. The number of aliphatic hydroxyl groups excluding tert-OH is 1. The van der Waals surface area contributed by atoms with Crippen molar-refractivity contribution in [1.29, 1.82) is 0 Å². The van der Waals surface area contributed by atoms with Crippen molar-refractivity contribution in [2.75, 3.05) is 55.1 Å². The maximum absolute atomic E-state index is 13.4. The van der Waals surface area contributed by atoms with Crippen LogP contribution in [-0.4, -0.2) is 81.7 Å². The fourth-order valence-corrected chi connectivity index (χ4v) is 4.43. The van der Waals surface area contributed by atoms with Crippen LogP contribution < -0.4 is 18.9 Å². The molecule has 0 bridgehead atoms. The van der Waals surface area contributed by atoms with Crippen molar-refractivity contribution in [2.24, 2.45) is 5.92 Å². The highest BCUT2D eigenvalue weighted by atomic mass is 16.5. The fraction of sp³-hybridized carbons (Fsp3) is 0.448. The molecule has 1 heterocycles. The summed E-state index contributed by atoms with van der Waals surface area (Å²) in [5, 5.41) is 11.5. The van der Waals surface area contributed by atoms with Gasteiger partial charge < -0.3 is 33.9 Å². The molecule has 9 heteroatoms. The number of rotatable bonds is 12. The van der Waals surface area contributed by atoms with E-state index in [-0.39, 0.29) is 11.3 Å². The number of methoxy groups -OCH3 is 3. The maximum Gasteiger partial charge on any atom is 0.295 e. The number of ketones is 1. The predicted octanol–water partition coefficient (Wildman–Crippen LogP) is 4.12. The van der Waals surface area contributed by atoms with Gasteiger partial charge >= 0.3 is 0 Å². The van der Waals surface area contributed by atoms with Crippen LogP contribution in [0.5, 0.6) is 23.0 Å². The van der Waals surface area contributed by atoms with Gasteiger partial charge in [0.2, 0.25) is 5.75 Å². The molecule has 1 aliphatic heterocycles. The highest BCUT2D eigenvalue weighted by Crippen LogP contribution is 2.45. The topological polar surface area (TPSA) is 97.8 Å². The number of ether oxygens (including phenoxy) is 4. The smallest absolute Gasteiger partial charge is 0.295 e. The normalized spacial score (nSPS) is 16.9. The first-order valence-corrected chi connectivity index (χ1v) is 12.6. The molecule has 0 spiro atoms. The van der Waals surface area contributed by atoms with E-state index in [1.54, 1.807) is 36.4 Å². The Kier molecular flexibility index (Phi) is 9.63. The van der Waals surface area contributed by atoms with Gasteiger partial charge in [0.05, 0.1) is 39.6 Å². The summed E-state index contributed by atoms with van der Waals surface area (Å²) >= 11 is 0. The first kappa shape index (κ1) is 28.8. The maximum atomic E-state index is 13.4. The predicted molar refractivity (Wildman–Crippen MR) is 145 cm³/mol. The van der Waals surface area contributed by atoms with E-state index in [1.165, 1.54) is 26.2 Å². The molecule has 2 aromatic carbocycles. The summed E-state index contributed by atoms with van der Waals surface area (Å²) in [6, 6.07) is 9.43. The average Bonchev–Trinajstić information content (AvgIpc) is 3.15.